The number of carbonyl (C=O) groups excluding carboxylic acids is 2. The number of azo groups is 1. The van der Waals surface area contributed by atoms with Gasteiger partial charge in [0.15, 0.2) is 5.69 Å². The van der Waals surface area contributed by atoms with Gasteiger partial charge in [-0.05, 0) is 57.9 Å². The number of nitrogens with zero attached hydrogens (tertiary/aromatic N) is 3. The summed E-state index contributed by atoms with van der Waals surface area (Å²) in [6.45, 7) is 6.49. The van der Waals surface area contributed by atoms with Crippen molar-refractivity contribution in [1.29, 1.82) is 0 Å². The minimum absolute atomic E-state index is 0.0197. The molecule has 0 aliphatic carbocycles. The first-order chi connectivity index (χ1) is 15.4. The molecule has 0 saturated heterocycles. The van der Waals surface area contributed by atoms with Crippen LogP contribution < -0.4 is 5.32 Å². The van der Waals surface area contributed by atoms with Gasteiger partial charge in [0.25, 0.3) is 11.8 Å². The average molecular weight is 435 g/mol. The van der Waals surface area contributed by atoms with Gasteiger partial charge >= 0.3 is 0 Å². The Kier molecular flexibility index (Phi) is 7.76. The Morgan fingerprint density at radius 3 is 2.53 bits per heavy atom. The number of hydrogen-bond acceptors (Lipinski definition) is 4. The third-order valence-electron chi connectivity index (χ3n) is 5.27. The van der Waals surface area contributed by atoms with E-state index in [1.165, 1.54) is 0 Å². The highest BCUT2D eigenvalue weighted by molar-refractivity contribution is 5.96. The molecule has 0 radical (unpaired) electrons. The average Bonchev–Trinajstić information content (AvgIpc) is 3.05. The molecule has 2 aromatic carbocycles. The van der Waals surface area contributed by atoms with E-state index < -0.39 is 0 Å². The second-order valence-corrected chi connectivity index (χ2v) is 8.18. The van der Waals surface area contributed by atoms with Crippen LogP contribution in [0.25, 0.3) is 10.9 Å². The molecule has 0 unspecified atom stereocenters. The minimum Gasteiger partial charge on any atom is -0.493 e. The van der Waals surface area contributed by atoms with Crippen molar-refractivity contribution in [3.63, 3.8) is 0 Å². The van der Waals surface area contributed by atoms with Crippen molar-refractivity contribution in [2.75, 3.05) is 6.54 Å². The maximum atomic E-state index is 12.2. The van der Waals surface area contributed by atoms with Gasteiger partial charge < -0.3 is 15.0 Å². The molecule has 32 heavy (non-hydrogen) atoms. The Bertz CT molecular complexity index is 1120. The summed E-state index contributed by atoms with van der Waals surface area (Å²) < 4.78 is 1.79. The van der Waals surface area contributed by atoms with Crippen LogP contribution in [0.3, 0.4) is 0 Å². The lowest BCUT2D eigenvalue weighted by molar-refractivity contribution is -0.118. The topological polar surface area (TPSA) is 96.1 Å². The molecule has 2 amide bonds. The molecule has 0 saturated carbocycles. The summed E-state index contributed by atoms with van der Waals surface area (Å²) in [5.41, 5.74) is 2.87. The fourth-order valence-electron chi connectivity index (χ4n) is 3.65. The normalized spacial score (nSPS) is 11.5. The second-order valence-electron chi connectivity index (χ2n) is 8.18. The number of unbranched alkanes of at least 4 members (excludes halogenated alkanes) is 2. The van der Waals surface area contributed by atoms with Crippen LogP contribution in [-0.2, 0) is 4.79 Å². The van der Waals surface area contributed by atoms with Crippen LogP contribution in [0.5, 0.6) is 5.88 Å². The van der Waals surface area contributed by atoms with Crippen molar-refractivity contribution in [2.24, 2.45) is 10.2 Å². The summed E-state index contributed by atoms with van der Waals surface area (Å²) in [5.74, 6) is -0.395. The van der Waals surface area contributed by atoms with Crippen molar-refractivity contribution >= 4 is 28.4 Å². The maximum absolute atomic E-state index is 12.2. The van der Waals surface area contributed by atoms with Crippen LogP contribution in [0.2, 0.25) is 0 Å². The SMILES string of the molecule is Cc1ccc2c(c1)c(N=NC(=O)CCCCCNC(=O)c1ccccc1)c(O)n2C(C)C. The molecule has 7 nitrogen and oxygen atoms in total. The lowest BCUT2D eigenvalue weighted by Gasteiger charge is -2.10. The first kappa shape index (κ1) is 23.2. The van der Waals surface area contributed by atoms with E-state index in [0.29, 0.717) is 24.2 Å². The van der Waals surface area contributed by atoms with Gasteiger partial charge in [0.05, 0.1) is 5.52 Å². The molecule has 1 aromatic heterocycles. The molecule has 168 valence electrons. The van der Waals surface area contributed by atoms with E-state index in [2.05, 4.69) is 15.5 Å². The van der Waals surface area contributed by atoms with Gasteiger partial charge in [0.1, 0.15) is 0 Å². The van der Waals surface area contributed by atoms with Crippen LogP contribution in [0.15, 0.2) is 58.8 Å². The largest absolute Gasteiger partial charge is 0.493 e. The van der Waals surface area contributed by atoms with E-state index in [1.54, 1.807) is 16.7 Å². The highest BCUT2D eigenvalue weighted by Crippen LogP contribution is 2.41. The van der Waals surface area contributed by atoms with Crippen LogP contribution in [-0.4, -0.2) is 28.0 Å². The molecule has 7 heteroatoms. The second kappa shape index (κ2) is 10.7. The number of aromatic hydroxyl groups is 1. The Hall–Kier alpha value is -3.48. The van der Waals surface area contributed by atoms with E-state index in [1.807, 2.05) is 57.2 Å². The predicted molar refractivity (Wildman–Crippen MR) is 125 cm³/mol. The summed E-state index contributed by atoms with van der Waals surface area (Å²) in [5, 5.41) is 22.2. The molecule has 3 rings (SSSR count). The highest BCUT2D eigenvalue weighted by Gasteiger charge is 2.18. The number of aryl methyl sites for hydroxylation is 1. The monoisotopic (exact) mass is 434 g/mol. The Balaban J connectivity index is 1.50. The number of hydrogen-bond donors (Lipinski definition) is 2. The number of benzene rings is 2. The number of aromatic nitrogens is 1. The van der Waals surface area contributed by atoms with Gasteiger partial charge in [-0.1, -0.05) is 36.2 Å². The number of amides is 2. The third kappa shape index (κ3) is 5.60. The minimum atomic E-state index is -0.323. The van der Waals surface area contributed by atoms with Gasteiger partial charge in [0, 0.05) is 30.0 Å². The molecule has 0 atom stereocenters. The molecular formula is C25H30N4O3. The Morgan fingerprint density at radius 2 is 1.81 bits per heavy atom. The maximum Gasteiger partial charge on any atom is 0.264 e. The Labute approximate surface area is 188 Å². The van der Waals surface area contributed by atoms with Crippen LogP contribution in [0.4, 0.5) is 5.69 Å². The van der Waals surface area contributed by atoms with Crippen molar-refractivity contribution in [1.82, 2.24) is 9.88 Å². The summed E-state index contributed by atoms with van der Waals surface area (Å²) in [4.78, 5) is 24.2. The third-order valence-corrected chi connectivity index (χ3v) is 5.27. The fraction of sp³-hybridized carbons (Fsp3) is 0.360. The summed E-state index contributed by atoms with van der Waals surface area (Å²) >= 11 is 0. The zero-order valence-corrected chi connectivity index (χ0v) is 18.8. The zero-order chi connectivity index (χ0) is 23.1. The summed E-state index contributed by atoms with van der Waals surface area (Å²) in [6.07, 6.45) is 2.52. The predicted octanol–water partition coefficient (Wildman–Crippen LogP) is 5.84. The van der Waals surface area contributed by atoms with Crippen molar-refractivity contribution < 1.29 is 14.7 Å². The van der Waals surface area contributed by atoms with Gasteiger partial charge in [-0.3, -0.25) is 9.59 Å². The highest BCUT2D eigenvalue weighted by atomic mass is 16.3. The molecular weight excluding hydrogens is 404 g/mol. The summed E-state index contributed by atoms with van der Waals surface area (Å²) in [6, 6.07) is 15.0. The molecule has 0 aliphatic heterocycles. The molecule has 0 spiro atoms. The fourth-order valence-corrected chi connectivity index (χ4v) is 3.65. The van der Waals surface area contributed by atoms with Gasteiger partial charge in [-0.2, -0.15) is 0 Å². The van der Waals surface area contributed by atoms with E-state index in [9.17, 15) is 14.7 Å². The van der Waals surface area contributed by atoms with Crippen molar-refractivity contribution in [2.45, 2.75) is 52.5 Å². The van der Waals surface area contributed by atoms with Gasteiger partial charge in [0.2, 0.25) is 5.88 Å². The number of fused-ring (bicyclic) bond motifs is 1. The quantitative estimate of drug-likeness (QED) is 0.327. The lowest BCUT2D eigenvalue weighted by atomic mass is 10.1. The lowest BCUT2D eigenvalue weighted by Crippen LogP contribution is -2.24. The van der Waals surface area contributed by atoms with Crippen molar-refractivity contribution in [3.05, 3.63) is 59.7 Å². The molecule has 3 aromatic rings. The zero-order valence-electron chi connectivity index (χ0n) is 18.8. The molecule has 0 aliphatic rings. The van der Waals surface area contributed by atoms with Crippen LogP contribution in [0, 0.1) is 6.92 Å². The standard InChI is InChI=1S/C25H30N4O3/c1-17(2)29-21-14-13-18(3)16-20(21)23(25(29)32)28-27-22(30)12-8-5-9-15-26-24(31)19-10-6-4-7-11-19/h4,6-7,10-11,13-14,16-17,32H,5,8-9,12,15H2,1-3H3,(H,26,31). The van der Waals surface area contributed by atoms with Gasteiger partial charge in [-0.15, -0.1) is 10.2 Å². The molecule has 2 N–H and O–H groups in total. The number of carbonyl (C=O) groups is 2. The number of nitrogens with one attached hydrogen (secondary N) is 1. The summed E-state index contributed by atoms with van der Waals surface area (Å²) in [7, 11) is 0. The van der Waals surface area contributed by atoms with E-state index in [-0.39, 0.29) is 30.2 Å². The van der Waals surface area contributed by atoms with Crippen LogP contribution >= 0.6 is 0 Å². The molecule has 0 bridgehead atoms. The van der Waals surface area contributed by atoms with E-state index >= 15 is 0 Å². The van der Waals surface area contributed by atoms with Crippen molar-refractivity contribution in [3.8, 4) is 5.88 Å². The Morgan fingerprint density at radius 1 is 1.06 bits per heavy atom. The first-order valence-corrected chi connectivity index (χ1v) is 11.0. The van der Waals surface area contributed by atoms with E-state index in [4.69, 9.17) is 0 Å². The van der Waals surface area contributed by atoms with Crippen LogP contribution in [0.1, 0.15) is 61.5 Å². The number of rotatable bonds is 9. The smallest absolute Gasteiger partial charge is 0.264 e. The molecule has 1 heterocycles. The molecule has 0 fully saturated rings. The first-order valence-electron chi connectivity index (χ1n) is 11.0. The van der Waals surface area contributed by atoms with E-state index in [0.717, 1.165) is 29.3 Å². The van der Waals surface area contributed by atoms with Gasteiger partial charge in [-0.25, -0.2) is 0 Å².